The molecule has 11 atom stereocenters. The Morgan fingerprint density at radius 3 is 1.11 bits per heavy atom. The van der Waals surface area contributed by atoms with Crippen molar-refractivity contribution in [2.75, 3.05) is 26.4 Å². The third-order valence-electron chi connectivity index (χ3n) is 16.0. The molecule has 2 fully saturated rings. The highest BCUT2D eigenvalue weighted by Gasteiger charge is 2.47. The van der Waals surface area contributed by atoms with Gasteiger partial charge in [-0.2, -0.15) is 0 Å². The Balaban J connectivity index is 1.68. The second kappa shape index (κ2) is 50.7. The summed E-state index contributed by atoms with van der Waals surface area (Å²) in [5, 5.41) is 72.4. The van der Waals surface area contributed by atoms with E-state index in [1.165, 1.54) is 205 Å². The number of hydrogen-bond acceptors (Lipinski definition) is 15. The van der Waals surface area contributed by atoms with Crippen molar-refractivity contribution in [3.63, 3.8) is 0 Å². The van der Waals surface area contributed by atoms with Gasteiger partial charge in [-0.15, -0.1) is 0 Å². The fraction of sp³-hybridized carbons (Fsp3) is 0.938. The predicted octanol–water partition coefficient (Wildman–Crippen LogP) is 12.5. The van der Waals surface area contributed by atoms with E-state index < -0.39 is 92.7 Å². The van der Waals surface area contributed by atoms with E-state index in [2.05, 4.69) is 26.0 Å². The van der Waals surface area contributed by atoms with Crippen LogP contribution < -0.4 is 0 Å². The lowest BCUT2D eigenvalue weighted by Gasteiger charge is -2.42. The molecule has 79 heavy (non-hydrogen) atoms. The molecule has 2 aliphatic rings. The number of carbonyl (C=O) groups excluding carboxylic acids is 2. The first-order valence-electron chi connectivity index (χ1n) is 32.8. The molecule has 0 radical (unpaired) electrons. The molecular formula is C64H120O15. The number of ether oxygens (including phenoxy) is 6. The van der Waals surface area contributed by atoms with Gasteiger partial charge in [0.05, 0.1) is 19.8 Å². The van der Waals surface area contributed by atoms with Gasteiger partial charge in [0.25, 0.3) is 0 Å². The quantitative estimate of drug-likeness (QED) is 0.0171. The van der Waals surface area contributed by atoms with Gasteiger partial charge in [0.2, 0.25) is 0 Å². The van der Waals surface area contributed by atoms with E-state index in [1.54, 1.807) is 0 Å². The Kier molecular flexibility index (Phi) is 47.1. The fourth-order valence-electron chi connectivity index (χ4n) is 10.7. The third-order valence-corrected chi connectivity index (χ3v) is 16.0. The molecule has 0 aromatic carbocycles. The highest BCUT2D eigenvalue weighted by Crippen LogP contribution is 2.27. The molecule has 0 aromatic rings. The summed E-state index contributed by atoms with van der Waals surface area (Å²) in [6.07, 6.45) is 39.5. The number of aliphatic hydroxyl groups excluding tert-OH is 7. The number of esters is 2. The summed E-state index contributed by atoms with van der Waals surface area (Å²) in [7, 11) is 0. The van der Waals surface area contributed by atoms with E-state index in [1.807, 2.05) is 0 Å². The lowest BCUT2D eigenvalue weighted by atomic mass is 9.98. The monoisotopic (exact) mass is 1130 g/mol. The highest BCUT2D eigenvalue weighted by atomic mass is 16.7. The van der Waals surface area contributed by atoms with Crippen LogP contribution in [0.5, 0.6) is 0 Å². The number of allylic oxidation sites excluding steroid dienone is 2. The van der Waals surface area contributed by atoms with Gasteiger partial charge in [-0.05, 0) is 38.5 Å². The average molecular weight is 1130 g/mol. The molecule has 0 aromatic heterocycles. The molecule has 0 bridgehead atoms. The van der Waals surface area contributed by atoms with Crippen LogP contribution in [-0.2, 0) is 38.0 Å². The molecule has 15 nitrogen and oxygen atoms in total. The number of carbonyl (C=O) groups is 2. The average Bonchev–Trinajstić information content (AvgIpc) is 3.52. The number of unbranched alkanes of at least 4 members (excludes halogenated alkanes) is 38. The van der Waals surface area contributed by atoms with Gasteiger partial charge >= 0.3 is 11.9 Å². The maximum atomic E-state index is 13.1. The Morgan fingerprint density at radius 2 is 0.722 bits per heavy atom. The molecule has 0 saturated carbocycles. The predicted molar refractivity (Wildman–Crippen MR) is 312 cm³/mol. The highest BCUT2D eigenvalue weighted by molar-refractivity contribution is 5.70. The summed E-state index contributed by atoms with van der Waals surface area (Å²) in [4.78, 5) is 26.0. The van der Waals surface area contributed by atoms with Crippen LogP contribution in [0, 0.1) is 0 Å². The van der Waals surface area contributed by atoms with Gasteiger partial charge in [-0.25, -0.2) is 0 Å². The van der Waals surface area contributed by atoms with Gasteiger partial charge < -0.3 is 64.2 Å². The van der Waals surface area contributed by atoms with E-state index in [9.17, 15) is 45.3 Å². The molecule has 11 unspecified atom stereocenters. The smallest absolute Gasteiger partial charge is 0.306 e. The van der Waals surface area contributed by atoms with Crippen molar-refractivity contribution in [2.24, 2.45) is 0 Å². The first kappa shape index (κ1) is 73.3. The van der Waals surface area contributed by atoms with Crippen LogP contribution >= 0.6 is 0 Å². The van der Waals surface area contributed by atoms with Gasteiger partial charge in [0.1, 0.15) is 55.4 Å². The largest absolute Gasteiger partial charge is 0.462 e. The van der Waals surface area contributed by atoms with Crippen molar-refractivity contribution in [1.29, 1.82) is 0 Å². The molecular weight excluding hydrogens is 1010 g/mol. The minimum Gasteiger partial charge on any atom is -0.462 e. The Labute approximate surface area is 480 Å². The maximum Gasteiger partial charge on any atom is 0.306 e. The van der Waals surface area contributed by atoms with E-state index in [4.69, 9.17) is 28.4 Å². The number of rotatable bonds is 54. The first-order valence-corrected chi connectivity index (χ1v) is 32.8. The van der Waals surface area contributed by atoms with Gasteiger partial charge in [0, 0.05) is 12.8 Å². The molecule has 7 N–H and O–H groups in total. The van der Waals surface area contributed by atoms with Crippen LogP contribution in [0.3, 0.4) is 0 Å². The molecule has 0 spiro atoms. The summed E-state index contributed by atoms with van der Waals surface area (Å²) in [5.41, 5.74) is 0. The van der Waals surface area contributed by atoms with E-state index in [-0.39, 0.29) is 26.1 Å². The van der Waals surface area contributed by atoms with Crippen molar-refractivity contribution in [3.05, 3.63) is 12.2 Å². The van der Waals surface area contributed by atoms with Crippen molar-refractivity contribution in [3.8, 4) is 0 Å². The molecule has 2 aliphatic heterocycles. The fourth-order valence-corrected chi connectivity index (χ4v) is 10.7. The molecule has 2 saturated heterocycles. The SMILES string of the molecule is CCCCCCCC/C=C\CCCCCCCCCCCC(=O)OC(COC(=O)CCCCCCCCCCCCCCCCCCCCCCCCCC)COC1OC(COC2OC(CO)C(O)C(O)C2O)C(O)C(O)C1O. The van der Waals surface area contributed by atoms with Gasteiger partial charge in [-0.1, -0.05) is 251 Å². The molecule has 2 heterocycles. The minimum absolute atomic E-state index is 0.168. The van der Waals surface area contributed by atoms with Crippen LogP contribution in [0.15, 0.2) is 12.2 Å². The van der Waals surface area contributed by atoms with Crippen molar-refractivity contribution in [1.82, 2.24) is 0 Å². The Bertz CT molecular complexity index is 1420. The van der Waals surface area contributed by atoms with Crippen LogP contribution in [0.2, 0.25) is 0 Å². The number of hydrogen-bond donors (Lipinski definition) is 7. The maximum absolute atomic E-state index is 13.1. The zero-order chi connectivity index (χ0) is 57.4. The molecule has 0 aliphatic carbocycles. The summed E-state index contributed by atoms with van der Waals surface area (Å²) in [5.74, 6) is -0.907. The lowest BCUT2D eigenvalue weighted by Crippen LogP contribution is -2.61. The topological polar surface area (TPSA) is 231 Å². The summed E-state index contributed by atoms with van der Waals surface area (Å²) in [6, 6.07) is 0. The summed E-state index contributed by atoms with van der Waals surface area (Å²) >= 11 is 0. The first-order chi connectivity index (χ1) is 38.5. The van der Waals surface area contributed by atoms with Gasteiger partial charge in [-0.3, -0.25) is 9.59 Å². The molecule has 0 amide bonds. The molecule has 15 heteroatoms. The third kappa shape index (κ3) is 37.2. The van der Waals surface area contributed by atoms with E-state index in [0.29, 0.717) is 12.8 Å². The standard InChI is InChI=1S/C64H120O15/c1-3-5-7-9-11-13-15-17-19-21-23-24-25-26-27-29-30-32-34-36-38-40-42-44-46-55(66)74-49-52(77-56(67)47-45-43-41-39-37-35-33-31-28-22-20-18-16-14-12-10-8-6-4-2)50-75-63-62(73)60(71)58(69)54(79-63)51-76-64-61(72)59(70)57(68)53(48-65)78-64/h18,20,52-54,57-65,68-73H,3-17,19,21-51H2,1-2H3/b20-18-. The van der Waals surface area contributed by atoms with Gasteiger partial charge in [0.15, 0.2) is 18.7 Å². The molecule has 466 valence electrons. The van der Waals surface area contributed by atoms with Crippen LogP contribution in [0.4, 0.5) is 0 Å². The Morgan fingerprint density at radius 1 is 0.392 bits per heavy atom. The summed E-state index contributed by atoms with van der Waals surface area (Å²) in [6.45, 7) is 2.66. The van der Waals surface area contributed by atoms with Crippen LogP contribution in [0.25, 0.3) is 0 Å². The molecule has 2 rings (SSSR count). The Hall–Kier alpha value is -1.76. The van der Waals surface area contributed by atoms with Crippen molar-refractivity contribution in [2.45, 2.75) is 357 Å². The zero-order valence-corrected chi connectivity index (χ0v) is 50.1. The van der Waals surface area contributed by atoms with Crippen molar-refractivity contribution < 1.29 is 73.8 Å². The normalized spacial score (nSPS) is 23.9. The van der Waals surface area contributed by atoms with Crippen LogP contribution in [0.1, 0.15) is 290 Å². The number of aliphatic hydroxyl groups is 7. The zero-order valence-electron chi connectivity index (χ0n) is 50.1. The second-order valence-electron chi connectivity index (χ2n) is 23.3. The summed E-state index contributed by atoms with van der Waals surface area (Å²) < 4.78 is 33.8. The second-order valence-corrected chi connectivity index (χ2v) is 23.3. The van der Waals surface area contributed by atoms with E-state index >= 15 is 0 Å². The minimum atomic E-state index is -1.76. The van der Waals surface area contributed by atoms with E-state index in [0.717, 1.165) is 44.9 Å². The van der Waals surface area contributed by atoms with Crippen molar-refractivity contribution >= 4 is 11.9 Å². The lowest BCUT2D eigenvalue weighted by molar-refractivity contribution is -0.332. The van der Waals surface area contributed by atoms with Crippen LogP contribution in [-0.4, -0.2) is 142 Å².